The molecule has 2 aromatic heterocycles. The predicted octanol–water partition coefficient (Wildman–Crippen LogP) is 3.41. The number of anilines is 2. The standard InChI is InChI=1S/C26H31N7O/c1-18(2)32-8-10-33(11-9-32)25-14-20(6-7-29-25)26(34)31-24-13-22-12-19(23(15-27)16-28-3)4-5-21(22)17-30-24/h4-7,12-18H,8-11,27H2,1-3H3,(H,30,31,34). The van der Waals surface area contributed by atoms with Gasteiger partial charge in [-0.2, -0.15) is 0 Å². The molecule has 0 spiro atoms. The molecule has 0 aliphatic carbocycles. The van der Waals surface area contributed by atoms with Crippen LogP contribution in [0.25, 0.3) is 16.3 Å². The lowest BCUT2D eigenvalue weighted by Crippen LogP contribution is -2.49. The maximum absolute atomic E-state index is 13.0. The molecule has 3 heterocycles. The minimum atomic E-state index is -0.215. The van der Waals surface area contributed by atoms with Crippen LogP contribution in [0.5, 0.6) is 0 Å². The van der Waals surface area contributed by atoms with Gasteiger partial charge in [-0.05, 0) is 49.1 Å². The Morgan fingerprint density at radius 3 is 2.56 bits per heavy atom. The highest BCUT2D eigenvalue weighted by atomic mass is 16.1. The number of aromatic nitrogens is 2. The average molecular weight is 458 g/mol. The second kappa shape index (κ2) is 10.4. The molecule has 1 fully saturated rings. The molecule has 8 nitrogen and oxygen atoms in total. The second-order valence-electron chi connectivity index (χ2n) is 8.61. The minimum absolute atomic E-state index is 0.215. The topological polar surface area (TPSA) is 99.7 Å². The molecule has 3 N–H and O–H groups in total. The summed E-state index contributed by atoms with van der Waals surface area (Å²) in [5.74, 6) is 1.10. The lowest BCUT2D eigenvalue weighted by Gasteiger charge is -2.37. The zero-order chi connectivity index (χ0) is 24.1. The van der Waals surface area contributed by atoms with Crippen LogP contribution in [0, 0.1) is 0 Å². The normalized spacial score (nSPS) is 15.4. The molecule has 0 radical (unpaired) electrons. The molecule has 1 amide bonds. The molecular weight excluding hydrogens is 426 g/mol. The lowest BCUT2D eigenvalue weighted by molar-refractivity contribution is 0.102. The first-order valence-corrected chi connectivity index (χ1v) is 11.5. The fourth-order valence-corrected chi connectivity index (χ4v) is 4.13. The third kappa shape index (κ3) is 5.23. The van der Waals surface area contributed by atoms with E-state index in [0.717, 1.165) is 53.9 Å². The number of pyridine rings is 2. The van der Waals surface area contributed by atoms with Crippen molar-refractivity contribution in [3.63, 3.8) is 0 Å². The monoisotopic (exact) mass is 457 g/mol. The first kappa shape index (κ1) is 23.4. The molecule has 8 heteroatoms. The summed E-state index contributed by atoms with van der Waals surface area (Å²) in [6.45, 7) is 8.20. The van der Waals surface area contributed by atoms with E-state index in [2.05, 4.69) is 43.9 Å². The summed E-state index contributed by atoms with van der Waals surface area (Å²) in [7, 11) is 1.71. The molecule has 1 aromatic carbocycles. The van der Waals surface area contributed by atoms with E-state index in [1.165, 1.54) is 6.20 Å². The highest BCUT2D eigenvalue weighted by Gasteiger charge is 2.20. The Balaban J connectivity index is 1.50. The van der Waals surface area contributed by atoms with Crippen molar-refractivity contribution in [3.8, 4) is 0 Å². The first-order chi connectivity index (χ1) is 16.5. The summed E-state index contributed by atoms with van der Waals surface area (Å²) in [4.78, 5) is 30.6. The average Bonchev–Trinajstić information content (AvgIpc) is 2.87. The molecule has 1 aliphatic rings. The van der Waals surface area contributed by atoms with Crippen molar-refractivity contribution < 1.29 is 4.79 Å². The molecule has 0 bridgehead atoms. The third-order valence-corrected chi connectivity index (χ3v) is 6.12. The zero-order valence-corrected chi connectivity index (χ0v) is 19.9. The summed E-state index contributed by atoms with van der Waals surface area (Å²) in [5.41, 5.74) is 8.07. The Labute approximate surface area is 200 Å². The molecule has 1 saturated heterocycles. The van der Waals surface area contributed by atoms with E-state index in [1.54, 1.807) is 31.7 Å². The van der Waals surface area contributed by atoms with Gasteiger partial charge in [-0.1, -0.05) is 12.1 Å². The Morgan fingerprint density at radius 2 is 1.85 bits per heavy atom. The van der Waals surface area contributed by atoms with Gasteiger partial charge in [-0.3, -0.25) is 14.7 Å². The van der Waals surface area contributed by atoms with Crippen LogP contribution >= 0.6 is 0 Å². The molecular formula is C26H31N7O. The fourth-order valence-electron chi connectivity index (χ4n) is 4.13. The van der Waals surface area contributed by atoms with Crippen molar-refractivity contribution in [2.24, 2.45) is 10.7 Å². The smallest absolute Gasteiger partial charge is 0.257 e. The van der Waals surface area contributed by atoms with Crippen LogP contribution < -0.4 is 16.0 Å². The Bertz CT molecular complexity index is 1230. The number of carbonyl (C=O) groups excluding carboxylic acids is 1. The highest BCUT2D eigenvalue weighted by molar-refractivity contribution is 6.11. The van der Waals surface area contributed by atoms with Crippen LogP contribution in [0.1, 0.15) is 29.8 Å². The van der Waals surface area contributed by atoms with Gasteiger partial charge in [-0.25, -0.2) is 9.97 Å². The summed E-state index contributed by atoms with van der Waals surface area (Å²) >= 11 is 0. The number of nitrogens with zero attached hydrogens (tertiary/aromatic N) is 5. The highest BCUT2D eigenvalue weighted by Crippen LogP contribution is 2.23. The van der Waals surface area contributed by atoms with E-state index in [-0.39, 0.29) is 5.91 Å². The van der Waals surface area contributed by atoms with Gasteiger partial charge in [-0.15, -0.1) is 0 Å². The van der Waals surface area contributed by atoms with Crippen LogP contribution in [0.3, 0.4) is 0 Å². The van der Waals surface area contributed by atoms with E-state index in [9.17, 15) is 4.79 Å². The zero-order valence-electron chi connectivity index (χ0n) is 19.9. The lowest BCUT2D eigenvalue weighted by atomic mass is 10.0. The van der Waals surface area contributed by atoms with Gasteiger partial charge in [0.2, 0.25) is 0 Å². The van der Waals surface area contributed by atoms with E-state index in [4.69, 9.17) is 5.73 Å². The van der Waals surface area contributed by atoms with Gasteiger partial charge in [0, 0.05) is 80.6 Å². The van der Waals surface area contributed by atoms with Crippen molar-refractivity contribution in [1.82, 2.24) is 14.9 Å². The number of fused-ring (bicyclic) bond motifs is 1. The Morgan fingerprint density at radius 1 is 1.06 bits per heavy atom. The molecule has 4 rings (SSSR count). The van der Waals surface area contributed by atoms with Gasteiger partial charge >= 0.3 is 0 Å². The summed E-state index contributed by atoms with van der Waals surface area (Å²) < 4.78 is 0. The number of allylic oxidation sites excluding steroid dienone is 1. The van der Waals surface area contributed by atoms with Gasteiger partial charge in [0.25, 0.3) is 5.91 Å². The fraction of sp³-hybridized carbons (Fsp3) is 0.308. The maximum Gasteiger partial charge on any atom is 0.257 e. The number of hydrogen-bond acceptors (Lipinski definition) is 7. The first-order valence-electron chi connectivity index (χ1n) is 11.5. The maximum atomic E-state index is 13.0. The number of piperazine rings is 1. The summed E-state index contributed by atoms with van der Waals surface area (Å²) in [6, 6.07) is 11.9. The summed E-state index contributed by atoms with van der Waals surface area (Å²) in [6.07, 6.45) is 6.69. The molecule has 1 aliphatic heterocycles. The quantitative estimate of drug-likeness (QED) is 0.550. The van der Waals surface area contributed by atoms with Gasteiger partial charge < -0.3 is 16.0 Å². The predicted molar refractivity (Wildman–Crippen MR) is 139 cm³/mol. The molecule has 3 aromatic rings. The molecule has 0 unspecified atom stereocenters. The van der Waals surface area contributed by atoms with Crippen molar-refractivity contribution in [1.29, 1.82) is 0 Å². The second-order valence-corrected chi connectivity index (χ2v) is 8.61. The van der Waals surface area contributed by atoms with Gasteiger partial charge in [0.1, 0.15) is 11.6 Å². The van der Waals surface area contributed by atoms with Crippen LogP contribution in [-0.2, 0) is 0 Å². The number of carbonyl (C=O) groups is 1. The number of aliphatic imine (C=N–C) groups is 1. The van der Waals surface area contributed by atoms with Gasteiger partial charge in [0.15, 0.2) is 0 Å². The number of rotatable bonds is 6. The Kier molecular flexibility index (Phi) is 7.18. The van der Waals surface area contributed by atoms with E-state index in [0.29, 0.717) is 17.4 Å². The third-order valence-electron chi connectivity index (χ3n) is 6.12. The van der Waals surface area contributed by atoms with Gasteiger partial charge in [0.05, 0.1) is 0 Å². The number of nitrogens with one attached hydrogen (secondary N) is 1. The van der Waals surface area contributed by atoms with Crippen molar-refractivity contribution in [2.45, 2.75) is 19.9 Å². The molecule has 176 valence electrons. The van der Waals surface area contributed by atoms with Crippen LogP contribution in [0.2, 0.25) is 0 Å². The van der Waals surface area contributed by atoms with Crippen molar-refractivity contribution in [2.75, 3.05) is 43.4 Å². The number of benzene rings is 1. The number of nitrogens with two attached hydrogens (primary N) is 1. The van der Waals surface area contributed by atoms with Crippen LogP contribution in [0.4, 0.5) is 11.6 Å². The van der Waals surface area contributed by atoms with E-state index >= 15 is 0 Å². The Hall–Kier alpha value is -3.78. The largest absolute Gasteiger partial charge is 0.404 e. The molecule has 34 heavy (non-hydrogen) atoms. The number of amides is 1. The van der Waals surface area contributed by atoms with Crippen molar-refractivity contribution >= 4 is 40.1 Å². The van der Waals surface area contributed by atoms with E-state index < -0.39 is 0 Å². The van der Waals surface area contributed by atoms with Crippen LogP contribution in [0.15, 0.2) is 60.0 Å². The molecule has 0 saturated carbocycles. The number of hydrogen-bond donors (Lipinski definition) is 2. The molecule has 0 atom stereocenters. The van der Waals surface area contributed by atoms with Crippen LogP contribution in [-0.4, -0.2) is 66.3 Å². The van der Waals surface area contributed by atoms with E-state index in [1.807, 2.05) is 30.3 Å². The van der Waals surface area contributed by atoms with Crippen molar-refractivity contribution in [3.05, 3.63) is 66.1 Å². The minimum Gasteiger partial charge on any atom is -0.404 e. The summed E-state index contributed by atoms with van der Waals surface area (Å²) in [5, 5.41) is 4.84. The SMILES string of the molecule is CN=CC(=CN)c1ccc2cnc(NC(=O)c3ccnc(N4CCN(C(C)C)CC4)c3)cc2c1.